The fourth-order valence-corrected chi connectivity index (χ4v) is 2.44. The van der Waals surface area contributed by atoms with E-state index >= 15 is 0 Å². The summed E-state index contributed by atoms with van der Waals surface area (Å²) in [5.41, 5.74) is 1.65. The Morgan fingerprint density at radius 1 is 1.14 bits per heavy atom. The number of thiocarbonyl (C=S) groups is 1. The number of hydrogen-bond acceptors (Lipinski definition) is 2. The number of benzene rings is 2. The molecule has 0 bridgehead atoms. The lowest BCUT2D eigenvalue weighted by Gasteiger charge is -2.19. The highest BCUT2D eigenvalue weighted by molar-refractivity contribution is 7.80. The van der Waals surface area contributed by atoms with Gasteiger partial charge in [0.25, 0.3) is 5.91 Å². The topological polar surface area (TPSA) is 41.1 Å². The van der Waals surface area contributed by atoms with Gasteiger partial charge in [0.2, 0.25) is 0 Å². The van der Waals surface area contributed by atoms with Crippen molar-refractivity contribution in [1.29, 1.82) is 0 Å². The molecule has 2 rings (SSSR count). The maximum Gasteiger partial charge on any atom is 0.257 e. The molecule has 1 unspecified atom stereocenters. The molecule has 2 aromatic carbocycles. The van der Waals surface area contributed by atoms with Crippen LogP contribution >= 0.6 is 23.8 Å². The van der Waals surface area contributed by atoms with Crippen molar-refractivity contribution in [2.45, 2.75) is 19.4 Å². The smallest absolute Gasteiger partial charge is 0.257 e. The van der Waals surface area contributed by atoms with Gasteiger partial charge in [-0.1, -0.05) is 48.9 Å². The average Bonchev–Trinajstić information content (AvgIpc) is 2.54. The molecule has 0 heterocycles. The molecular formula is C17H17ClN2OS. The van der Waals surface area contributed by atoms with Crippen LogP contribution in [0.3, 0.4) is 0 Å². The van der Waals surface area contributed by atoms with Gasteiger partial charge in [-0.2, -0.15) is 0 Å². The van der Waals surface area contributed by atoms with Crippen LogP contribution in [0.5, 0.6) is 0 Å². The predicted molar refractivity (Wildman–Crippen MR) is 94.1 cm³/mol. The van der Waals surface area contributed by atoms with E-state index in [-0.39, 0.29) is 11.9 Å². The van der Waals surface area contributed by atoms with Crippen molar-refractivity contribution in [2.24, 2.45) is 0 Å². The normalized spacial score (nSPS) is 11.5. The van der Waals surface area contributed by atoms with E-state index in [0.717, 1.165) is 12.0 Å². The van der Waals surface area contributed by atoms with Crippen LogP contribution in [-0.2, 0) is 0 Å². The Hall–Kier alpha value is -1.91. The summed E-state index contributed by atoms with van der Waals surface area (Å²) in [5.74, 6) is -0.253. The van der Waals surface area contributed by atoms with Gasteiger partial charge < -0.3 is 5.32 Å². The molecular weight excluding hydrogens is 316 g/mol. The molecule has 0 aliphatic rings. The lowest BCUT2D eigenvalue weighted by molar-refractivity contribution is 0.0976. The molecule has 5 heteroatoms. The van der Waals surface area contributed by atoms with Crippen molar-refractivity contribution in [3.05, 3.63) is 70.7 Å². The summed E-state index contributed by atoms with van der Waals surface area (Å²) in [6.45, 7) is 2.06. The molecule has 0 saturated heterocycles. The highest BCUT2D eigenvalue weighted by Crippen LogP contribution is 2.15. The summed E-state index contributed by atoms with van der Waals surface area (Å²) in [6.07, 6.45) is 0.862. The third kappa shape index (κ3) is 4.55. The minimum Gasteiger partial charge on any atom is -0.356 e. The maximum atomic E-state index is 12.1. The molecule has 0 aromatic heterocycles. The van der Waals surface area contributed by atoms with Gasteiger partial charge in [0, 0.05) is 10.6 Å². The first-order valence-electron chi connectivity index (χ1n) is 7.02. The highest BCUT2D eigenvalue weighted by atomic mass is 35.5. The Bertz CT molecular complexity index is 643. The summed E-state index contributed by atoms with van der Waals surface area (Å²) in [4.78, 5) is 12.1. The zero-order chi connectivity index (χ0) is 15.9. The van der Waals surface area contributed by atoms with Crippen molar-refractivity contribution >= 4 is 34.8 Å². The molecule has 1 amide bonds. The second-order valence-electron chi connectivity index (χ2n) is 4.81. The van der Waals surface area contributed by atoms with Crippen LogP contribution in [0.4, 0.5) is 0 Å². The fourth-order valence-electron chi connectivity index (χ4n) is 2.08. The van der Waals surface area contributed by atoms with Crippen molar-refractivity contribution < 1.29 is 4.79 Å². The Kier molecular flexibility index (Phi) is 5.92. The van der Waals surface area contributed by atoms with E-state index in [4.69, 9.17) is 23.8 Å². The molecule has 22 heavy (non-hydrogen) atoms. The summed E-state index contributed by atoms with van der Waals surface area (Å²) in [7, 11) is 0. The van der Waals surface area contributed by atoms with Gasteiger partial charge >= 0.3 is 0 Å². The standard InChI is InChI=1S/C17H17ClN2OS/c1-2-15(12-6-4-3-5-7-12)19-17(22)20-16(21)13-8-10-14(18)11-9-13/h3-11,15H,2H2,1H3,(H2,19,20,21,22). The SMILES string of the molecule is CCC(NC(=S)NC(=O)c1ccc(Cl)cc1)c1ccccc1. The summed E-state index contributed by atoms with van der Waals surface area (Å²) >= 11 is 11.0. The summed E-state index contributed by atoms with van der Waals surface area (Å²) < 4.78 is 0. The second kappa shape index (κ2) is 7.92. The molecule has 0 spiro atoms. The number of nitrogens with one attached hydrogen (secondary N) is 2. The van der Waals surface area contributed by atoms with E-state index in [0.29, 0.717) is 15.7 Å². The van der Waals surface area contributed by atoms with E-state index in [1.807, 2.05) is 30.3 Å². The van der Waals surface area contributed by atoms with Crippen LogP contribution in [0.15, 0.2) is 54.6 Å². The number of carbonyl (C=O) groups excluding carboxylic acids is 1. The number of carbonyl (C=O) groups is 1. The maximum absolute atomic E-state index is 12.1. The van der Waals surface area contributed by atoms with Crippen LogP contribution in [0, 0.1) is 0 Å². The molecule has 2 N–H and O–H groups in total. The van der Waals surface area contributed by atoms with Gasteiger partial charge in [-0.05, 0) is 48.5 Å². The molecule has 114 valence electrons. The third-order valence-electron chi connectivity index (χ3n) is 3.25. The van der Waals surface area contributed by atoms with Gasteiger partial charge in [-0.3, -0.25) is 10.1 Å². The first kappa shape index (κ1) is 16.5. The minimum atomic E-state index is -0.253. The first-order valence-corrected chi connectivity index (χ1v) is 7.81. The Morgan fingerprint density at radius 2 is 1.77 bits per heavy atom. The molecule has 0 aliphatic carbocycles. The van der Waals surface area contributed by atoms with Crippen LogP contribution < -0.4 is 10.6 Å². The van der Waals surface area contributed by atoms with Gasteiger partial charge in [0.05, 0.1) is 6.04 Å². The monoisotopic (exact) mass is 332 g/mol. The lowest BCUT2D eigenvalue weighted by atomic mass is 10.1. The highest BCUT2D eigenvalue weighted by Gasteiger charge is 2.12. The Labute approximate surface area is 140 Å². The number of rotatable bonds is 4. The van der Waals surface area contributed by atoms with Crippen molar-refractivity contribution in [3.8, 4) is 0 Å². The van der Waals surface area contributed by atoms with E-state index in [1.165, 1.54) is 0 Å². The van der Waals surface area contributed by atoms with Gasteiger partial charge in [0.15, 0.2) is 5.11 Å². The molecule has 0 radical (unpaired) electrons. The lowest BCUT2D eigenvalue weighted by Crippen LogP contribution is -2.40. The van der Waals surface area contributed by atoms with Crippen molar-refractivity contribution in [3.63, 3.8) is 0 Å². The zero-order valence-electron chi connectivity index (χ0n) is 12.2. The van der Waals surface area contributed by atoms with E-state index in [1.54, 1.807) is 24.3 Å². The molecule has 0 aliphatic heterocycles. The second-order valence-corrected chi connectivity index (χ2v) is 5.65. The zero-order valence-corrected chi connectivity index (χ0v) is 13.7. The summed E-state index contributed by atoms with van der Waals surface area (Å²) in [6, 6.07) is 16.7. The minimum absolute atomic E-state index is 0.0687. The fraction of sp³-hybridized carbons (Fsp3) is 0.176. The van der Waals surface area contributed by atoms with Gasteiger partial charge in [-0.15, -0.1) is 0 Å². The number of hydrogen-bond donors (Lipinski definition) is 2. The molecule has 0 saturated carbocycles. The Morgan fingerprint density at radius 3 is 2.36 bits per heavy atom. The Balaban J connectivity index is 1.97. The van der Waals surface area contributed by atoms with E-state index in [9.17, 15) is 4.79 Å². The molecule has 3 nitrogen and oxygen atoms in total. The average molecular weight is 333 g/mol. The first-order chi connectivity index (χ1) is 10.6. The third-order valence-corrected chi connectivity index (χ3v) is 3.72. The van der Waals surface area contributed by atoms with Crippen molar-refractivity contribution in [1.82, 2.24) is 10.6 Å². The van der Waals surface area contributed by atoms with E-state index < -0.39 is 0 Å². The molecule has 1 atom stereocenters. The van der Waals surface area contributed by atoms with Crippen LogP contribution in [0.2, 0.25) is 5.02 Å². The van der Waals surface area contributed by atoms with Gasteiger partial charge in [-0.25, -0.2) is 0 Å². The van der Waals surface area contributed by atoms with Crippen LogP contribution in [0.25, 0.3) is 0 Å². The number of amides is 1. The predicted octanol–water partition coefficient (Wildman–Crippen LogP) is 4.10. The van der Waals surface area contributed by atoms with Crippen LogP contribution in [0.1, 0.15) is 35.3 Å². The van der Waals surface area contributed by atoms with E-state index in [2.05, 4.69) is 17.6 Å². The summed E-state index contributed by atoms with van der Waals surface area (Å²) in [5, 5.41) is 6.76. The molecule has 2 aromatic rings. The van der Waals surface area contributed by atoms with Crippen LogP contribution in [-0.4, -0.2) is 11.0 Å². The van der Waals surface area contributed by atoms with Crippen molar-refractivity contribution in [2.75, 3.05) is 0 Å². The van der Waals surface area contributed by atoms with Gasteiger partial charge in [0.1, 0.15) is 0 Å². The number of halogens is 1. The quantitative estimate of drug-likeness (QED) is 0.828. The molecule has 0 fully saturated rings. The largest absolute Gasteiger partial charge is 0.356 e.